The van der Waals surface area contributed by atoms with Crippen molar-refractivity contribution in [2.45, 2.75) is 24.9 Å². The van der Waals surface area contributed by atoms with Crippen LogP contribution in [0.1, 0.15) is 12.6 Å². The van der Waals surface area contributed by atoms with E-state index in [0.717, 1.165) is 11.2 Å². The molecule has 0 bridgehead atoms. The SMILES string of the molecule is CP(=O)(O)OCC1OC(n2cc(Br)c(=O)[nH]c2=O)CC1O. The first-order valence-corrected chi connectivity index (χ1v) is 8.78. The molecular weight excluding hydrogens is 371 g/mol. The van der Waals surface area contributed by atoms with E-state index >= 15 is 0 Å². The minimum absolute atomic E-state index is 0.0891. The fourth-order valence-corrected chi connectivity index (χ4v) is 2.67. The molecule has 0 aromatic carbocycles. The lowest BCUT2D eigenvalue weighted by atomic mass is 10.2. The number of hydrogen-bond acceptors (Lipinski definition) is 6. The molecule has 0 radical (unpaired) electrons. The number of nitrogens with zero attached hydrogens (tertiary/aromatic N) is 1. The van der Waals surface area contributed by atoms with Gasteiger partial charge in [-0.2, -0.15) is 0 Å². The highest BCUT2D eigenvalue weighted by molar-refractivity contribution is 9.10. The molecule has 0 amide bonds. The van der Waals surface area contributed by atoms with Crippen LogP contribution in [0, 0.1) is 0 Å². The summed E-state index contributed by atoms with van der Waals surface area (Å²) >= 11 is 3.00. The van der Waals surface area contributed by atoms with Crippen molar-refractivity contribution < 1.29 is 23.8 Å². The Bertz CT molecular complexity index is 681. The molecule has 1 aliphatic rings. The molecule has 2 heterocycles. The molecule has 4 atom stereocenters. The van der Waals surface area contributed by atoms with Crippen LogP contribution in [0.2, 0.25) is 0 Å². The Kier molecular flexibility index (Phi) is 4.86. The van der Waals surface area contributed by atoms with Gasteiger partial charge in [-0.3, -0.25) is 18.9 Å². The number of H-pyrrole nitrogens is 1. The van der Waals surface area contributed by atoms with Crippen LogP contribution in [0.25, 0.3) is 0 Å². The van der Waals surface area contributed by atoms with Crippen LogP contribution in [-0.2, 0) is 13.8 Å². The third-order valence-electron chi connectivity index (χ3n) is 2.92. The topological polar surface area (TPSA) is 131 Å². The number of ether oxygens (including phenoxy) is 1. The van der Waals surface area contributed by atoms with E-state index in [1.807, 2.05) is 0 Å². The fourth-order valence-electron chi connectivity index (χ4n) is 1.92. The smallest absolute Gasteiger partial charge is 0.330 e. The molecule has 1 saturated heterocycles. The normalized spacial score (nSPS) is 28.5. The van der Waals surface area contributed by atoms with Crippen LogP contribution < -0.4 is 11.2 Å². The highest BCUT2D eigenvalue weighted by Gasteiger charge is 2.36. The number of aliphatic hydroxyl groups excluding tert-OH is 1. The molecule has 21 heavy (non-hydrogen) atoms. The van der Waals surface area contributed by atoms with Crippen LogP contribution in [-0.4, -0.2) is 45.0 Å². The Morgan fingerprint density at radius 3 is 2.90 bits per heavy atom. The molecule has 11 heteroatoms. The van der Waals surface area contributed by atoms with Crippen molar-refractivity contribution in [2.75, 3.05) is 13.3 Å². The van der Waals surface area contributed by atoms with E-state index in [1.54, 1.807) is 0 Å². The van der Waals surface area contributed by atoms with Crippen molar-refractivity contribution >= 4 is 23.5 Å². The molecular formula is C10H14BrN2O7P. The van der Waals surface area contributed by atoms with Gasteiger partial charge < -0.3 is 19.3 Å². The summed E-state index contributed by atoms with van der Waals surface area (Å²) in [5, 5.41) is 9.86. The molecule has 3 N–H and O–H groups in total. The van der Waals surface area contributed by atoms with Gasteiger partial charge >= 0.3 is 13.3 Å². The summed E-state index contributed by atoms with van der Waals surface area (Å²) in [6.45, 7) is 0.747. The number of aliphatic hydroxyl groups is 1. The van der Waals surface area contributed by atoms with Gasteiger partial charge in [0.1, 0.15) is 12.3 Å². The van der Waals surface area contributed by atoms with Gasteiger partial charge in [0, 0.05) is 19.3 Å². The molecule has 118 valence electrons. The van der Waals surface area contributed by atoms with E-state index < -0.39 is 37.3 Å². The standard InChI is InChI=1S/C10H14BrN2O7P/c1-21(17,18)19-4-7-6(14)2-8(20-7)13-3-5(11)9(15)12-10(13)16/h3,6-8,14H,2,4H2,1H3,(H,17,18)(H,12,15,16). The maximum Gasteiger partial charge on any atom is 0.330 e. The average Bonchev–Trinajstić information content (AvgIpc) is 2.72. The van der Waals surface area contributed by atoms with E-state index in [0.29, 0.717) is 0 Å². The first kappa shape index (κ1) is 16.6. The Labute approximate surface area is 127 Å². The van der Waals surface area contributed by atoms with Crippen molar-refractivity contribution in [3.63, 3.8) is 0 Å². The Morgan fingerprint density at radius 2 is 2.29 bits per heavy atom. The third-order valence-corrected chi connectivity index (χ3v) is 4.11. The zero-order valence-electron chi connectivity index (χ0n) is 10.9. The number of aromatic amines is 1. The van der Waals surface area contributed by atoms with Crippen molar-refractivity contribution in [1.29, 1.82) is 0 Å². The molecule has 1 aromatic rings. The quantitative estimate of drug-likeness (QED) is 0.611. The summed E-state index contributed by atoms with van der Waals surface area (Å²) in [7, 11) is -3.67. The minimum atomic E-state index is -3.67. The van der Waals surface area contributed by atoms with Crippen LogP contribution in [0.4, 0.5) is 0 Å². The first-order chi connectivity index (χ1) is 9.67. The van der Waals surface area contributed by atoms with Gasteiger partial charge in [-0.05, 0) is 15.9 Å². The van der Waals surface area contributed by atoms with Gasteiger partial charge in [-0.15, -0.1) is 0 Å². The van der Waals surface area contributed by atoms with Gasteiger partial charge in [0.2, 0.25) is 0 Å². The van der Waals surface area contributed by atoms with Crippen molar-refractivity contribution in [3.05, 3.63) is 31.5 Å². The molecule has 0 spiro atoms. The van der Waals surface area contributed by atoms with E-state index in [-0.39, 0.29) is 17.5 Å². The predicted molar refractivity (Wildman–Crippen MR) is 75.3 cm³/mol. The molecule has 1 aromatic heterocycles. The summed E-state index contributed by atoms with van der Waals surface area (Å²) in [6.07, 6.45) is -1.25. The molecule has 1 aliphatic heterocycles. The highest BCUT2D eigenvalue weighted by Crippen LogP contribution is 2.38. The Morgan fingerprint density at radius 1 is 1.62 bits per heavy atom. The zero-order chi connectivity index (χ0) is 15.8. The largest absolute Gasteiger partial charge is 0.390 e. The Balaban J connectivity index is 2.14. The maximum absolute atomic E-state index is 11.7. The van der Waals surface area contributed by atoms with Crippen molar-refractivity contribution in [2.24, 2.45) is 0 Å². The van der Waals surface area contributed by atoms with E-state index in [1.165, 1.54) is 6.20 Å². The van der Waals surface area contributed by atoms with Gasteiger partial charge in [-0.1, -0.05) is 0 Å². The predicted octanol–water partition coefficient (Wildman–Crippen LogP) is -0.221. The van der Waals surface area contributed by atoms with Gasteiger partial charge in [0.05, 0.1) is 17.2 Å². The monoisotopic (exact) mass is 384 g/mol. The van der Waals surface area contributed by atoms with Crippen LogP contribution in [0.3, 0.4) is 0 Å². The summed E-state index contributed by atoms with van der Waals surface area (Å²) in [5.74, 6) is 0. The lowest BCUT2D eigenvalue weighted by Gasteiger charge is -2.17. The molecule has 1 fully saturated rings. The first-order valence-electron chi connectivity index (χ1n) is 5.96. The lowest BCUT2D eigenvalue weighted by Crippen LogP contribution is -2.32. The number of halogens is 1. The summed E-state index contributed by atoms with van der Waals surface area (Å²) in [5.41, 5.74) is -1.24. The molecule has 9 nitrogen and oxygen atoms in total. The fraction of sp³-hybridized carbons (Fsp3) is 0.600. The molecule has 4 unspecified atom stereocenters. The van der Waals surface area contributed by atoms with Crippen LogP contribution >= 0.6 is 23.5 Å². The number of hydrogen-bond donors (Lipinski definition) is 3. The number of rotatable bonds is 4. The van der Waals surface area contributed by atoms with Crippen LogP contribution in [0.5, 0.6) is 0 Å². The highest BCUT2D eigenvalue weighted by atomic mass is 79.9. The minimum Gasteiger partial charge on any atom is -0.390 e. The van der Waals surface area contributed by atoms with Gasteiger partial charge in [-0.25, -0.2) is 4.79 Å². The summed E-state index contributed by atoms with van der Waals surface area (Å²) < 4.78 is 22.5. The second-order valence-corrected chi connectivity index (χ2v) is 7.39. The van der Waals surface area contributed by atoms with E-state index in [4.69, 9.17) is 14.2 Å². The third kappa shape index (κ3) is 4.12. The molecule has 0 saturated carbocycles. The summed E-state index contributed by atoms with van der Waals surface area (Å²) in [4.78, 5) is 34.1. The summed E-state index contributed by atoms with van der Waals surface area (Å²) in [6, 6.07) is 0. The second kappa shape index (κ2) is 6.15. The molecule has 0 aliphatic carbocycles. The zero-order valence-corrected chi connectivity index (χ0v) is 13.4. The van der Waals surface area contributed by atoms with Gasteiger partial charge in [0.15, 0.2) is 0 Å². The number of nitrogens with one attached hydrogen (secondary N) is 1. The van der Waals surface area contributed by atoms with Crippen molar-refractivity contribution in [1.82, 2.24) is 9.55 Å². The molecule has 2 rings (SSSR count). The Hall–Kier alpha value is -0.770. The maximum atomic E-state index is 11.7. The lowest BCUT2D eigenvalue weighted by molar-refractivity contribution is -0.0422. The second-order valence-electron chi connectivity index (χ2n) is 4.67. The van der Waals surface area contributed by atoms with E-state index in [2.05, 4.69) is 20.9 Å². The average molecular weight is 385 g/mol. The van der Waals surface area contributed by atoms with Crippen molar-refractivity contribution in [3.8, 4) is 0 Å². The number of aromatic nitrogens is 2. The van der Waals surface area contributed by atoms with Crippen LogP contribution in [0.15, 0.2) is 20.3 Å². The van der Waals surface area contributed by atoms with E-state index in [9.17, 15) is 19.3 Å². The van der Waals surface area contributed by atoms with Gasteiger partial charge in [0.25, 0.3) is 5.56 Å².